The number of aromatic nitrogens is 4. The Labute approximate surface area is 398 Å². The fourth-order valence-corrected chi connectivity index (χ4v) is 6.35. The molecule has 0 saturated heterocycles. The van der Waals surface area contributed by atoms with Gasteiger partial charge in [0.05, 0.1) is 47.6 Å². The number of nitrogens with two attached hydrogens (primary N) is 1. The largest absolute Gasteiger partial charge is 0.478 e. The number of halogens is 4. The lowest BCUT2D eigenvalue weighted by Crippen LogP contribution is -2.41. The fourth-order valence-electron chi connectivity index (χ4n) is 6.01. The van der Waals surface area contributed by atoms with Crippen molar-refractivity contribution in [2.75, 3.05) is 23.8 Å². The Balaban J connectivity index is 0.000000260. The average molecular weight is 956 g/mol. The zero-order chi connectivity index (χ0) is 49.5. The molecule has 0 unspecified atom stereocenters. The van der Waals surface area contributed by atoms with Gasteiger partial charge in [-0.15, -0.1) is 0 Å². The van der Waals surface area contributed by atoms with Gasteiger partial charge in [-0.1, -0.05) is 64.1 Å². The maximum Gasteiger partial charge on any atom is 0.339 e. The van der Waals surface area contributed by atoms with Crippen molar-refractivity contribution >= 4 is 69.0 Å². The Hall–Kier alpha value is -6.62. The van der Waals surface area contributed by atoms with Gasteiger partial charge in [0.1, 0.15) is 17.2 Å². The summed E-state index contributed by atoms with van der Waals surface area (Å²) in [5.74, 6) is -1.95. The number of benzene rings is 2. The first-order chi connectivity index (χ1) is 31.7. The highest BCUT2D eigenvalue weighted by atomic mass is 35.5. The third kappa shape index (κ3) is 14.7. The predicted molar refractivity (Wildman–Crippen MR) is 264 cm³/mol. The van der Waals surface area contributed by atoms with Crippen molar-refractivity contribution in [3.63, 3.8) is 0 Å². The maximum atomic E-state index is 14.4. The number of anilines is 4. The number of aromatic carboxylic acids is 1. The number of hydrogen-bond acceptors (Lipinski definition) is 11. The van der Waals surface area contributed by atoms with Crippen LogP contribution in [-0.4, -0.2) is 72.4 Å². The number of allylic oxidation sites excluding steroid dienone is 2. The van der Waals surface area contributed by atoms with Gasteiger partial charge in [-0.25, -0.2) is 13.6 Å². The monoisotopic (exact) mass is 954 g/mol. The van der Waals surface area contributed by atoms with E-state index >= 15 is 0 Å². The molecule has 0 aliphatic rings. The molecule has 2 aromatic carbocycles. The van der Waals surface area contributed by atoms with E-state index in [4.69, 9.17) is 34.0 Å². The number of aliphatic hydroxyl groups is 2. The molecule has 352 valence electrons. The Kier molecular flexibility index (Phi) is 19.6. The van der Waals surface area contributed by atoms with Gasteiger partial charge >= 0.3 is 5.97 Å². The molecule has 0 fully saturated rings. The lowest BCUT2D eigenvalue weighted by atomic mass is 10.0. The summed E-state index contributed by atoms with van der Waals surface area (Å²) in [6.07, 6.45) is 8.90. The van der Waals surface area contributed by atoms with Crippen molar-refractivity contribution in [1.82, 2.24) is 25.3 Å². The SMILES string of the molecule is C=C(C)c1cnc(-c2cc(Cl)ccc2F)cc1Nc1ccncc1C(=O)N[C@H](CO)C(C)C.C=C(C)c1cnc(-c2cc(Cl)ccc2F)cc1Nc1ccncc1C(=O)O.CC(C)[C@H](N)CO. The summed E-state index contributed by atoms with van der Waals surface area (Å²) in [5, 5.41) is 37.2. The van der Waals surface area contributed by atoms with Crippen molar-refractivity contribution < 1.29 is 33.7 Å². The molecule has 1 amide bonds. The second-order valence-corrected chi connectivity index (χ2v) is 16.9. The van der Waals surface area contributed by atoms with Gasteiger partial charge < -0.3 is 37.0 Å². The molecule has 0 saturated carbocycles. The van der Waals surface area contributed by atoms with Crippen LogP contribution in [0.5, 0.6) is 0 Å². The third-order valence-electron chi connectivity index (χ3n) is 10.2. The standard InChI is InChI=1S/C25H26ClFN4O2.C20H15ClFN3O2.C5H13NO/c1-14(2)18-12-29-22(17-9-16(26)5-6-20(17)27)10-23(18)30-21-7-8-28-11-19(21)25(33)31-24(13-32)15(3)4;1-11(2)14-10-24-18(13-7-12(21)3-4-16(13)22)8-19(14)25-17-5-6-23-9-15(17)20(26)27;1-4(2)5(6)3-7/h5-12,15,24,32H,1,13H2,2-4H3,(H,31,33)(H,28,29,30);3-10H,1H2,2H3,(H,26,27)(H,23,24,25);4-5,7H,3,6H2,1-2H3/t24-;;5-/m1.1/s1. The Bertz CT molecular complexity index is 2720. The molecule has 6 rings (SSSR count). The normalized spacial score (nSPS) is 11.6. The molecule has 13 nitrogen and oxygen atoms in total. The summed E-state index contributed by atoms with van der Waals surface area (Å²) >= 11 is 12.0. The second-order valence-electron chi connectivity index (χ2n) is 16.0. The molecule has 0 aliphatic carbocycles. The molecule has 2 atom stereocenters. The lowest BCUT2D eigenvalue weighted by Gasteiger charge is -2.21. The van der Waals surface area contributed by atoms with E-state index in [1.54, 1.807) is 49.8 Å². The van der Waals surface area contributed by atoms with Crippen LogP contribution in [0.15, 0.2) is 111 Å². The Morgan fingerprint density at radius 3 is 1.48 bits per heavy atom. The van der Waals surface area contributed by atoms with Gasteiger partial charge in [0, 0.05) is 86.9 Å². The van der Waals surface area contributed by atoms with Crippen LogP contribution in [-0.2, 0) is 0 Å². The molecular formula is C50H54Cl2F2N8O5. The Morgan fingerprint density at radius 2 is 1.10 bits per heavy atom. The summed E-state index contributed by atoms with van der Waals surface area (Å²) in [7, 11) is 0. The van der Waals surface area contributed by atoms with E-state index in [9.17, 15) is 28.6 Å². The van der Waals surface area contributed by atoms with Gasteiger partial charge in [0.2, 0.25) is 0 Å². The smallest absolute Gasteiger partial charge is 0.339 e. The van der Waals surface area contributed by atoms with Gasteiger partial charge in [-0.2, -0.15) is 0 Å². The van der Waals surface area contributed by atoms with Gasteiger partial charge in [0.25, 0.3) is 5.91 Å². The predicted octanol–water partition coefficient (Wildman–Crippen LogP) is 10.8. The Morgan fingerprint density at radius 1 is 0.657 bits per heavy atom. The van der Waals surface area contributed by atoms with Gasteiger partial charge in [0.15, 0.2) is 0 Å². The minimum atomic E-state index is -1.11. The molecule has 67 heavy (non-hydrogen) atoms. The highest BCUT2D eigenvalue weighted by Gasteiger charge is 2.21. The number of carboxylic acid groups (broad SMARTS) is 1. The van der Waals surface area contributed by atoms with E-state index < -0.39 is 23.6 Å². The first-order valence-corrected chi connectivity index (χ1v) is 21.7. The minimum Gasteiger partial charge on any atom is -0.478 e. The van der Waals surface area contributed by atoms with Crippen LogP contribution in [0, 0.1) is 23.5 Å². The lowest BCUT2D eigenvalue weighted by molar-refractivity contribution is 0.0697. The van der Waals surface area contributed by atoms with Crippen LogP contribution >= 0.6 is 23.2 Å². The number of hydrogen-bond donors (Lipinski definition) is 7. The quantitative estimate of drug-likeness (QED) is 0.0513. The number of carbonyl (C=O) groups excluding carboxylic acids is 1. The summed E-state index contributed by atoms with van der Waals surface area (Å²) in [6.45, 7) is 19.3. The van der Waals surface area contributed by atoms with E-state index in [1.807, 2.05) is 34.6 Å². The maximum absolute atomic E-state index is 14.4. The van der Waals surface area contributed by atoms with Crippen LogP contribution in [0.3, 0.4) is 0 Å². The van der Waals surface area contributed by atoms with E-state index in [1.165, 1.54) is 55.0 Å². The summed E-state index contributed by atoms with van der Waals surface area (Å²) in [6, 6.07) is 14.6. The molecule has 0 spiro atoms. The number of carbonyl (C=O) groups is 2. The van der Waals surface area contributed by atoms with Crippen LogP contribution in [0.4, 0.5) is 31.5 Å². The molecule has 17 heteroatoms. The van der Waals surface area contributed by atoms with Crippen LogP contribution in [0.25, 0.3) is 33.7 Å². The number of carboxylic acids is 1. The highest BCUT2D eigenvalue weighted by Crippen LogP contribution is 2.34. The fraction of sp³-hybridized carbons (Fsp3) is 0.240. The molecule has 8 N–H and O–H groups in total. The number of nitrogens with one attached hydrogen (secondary N) is 3. The second kappa shape index (κ2) is 24.8. The molecule has 0 radical (unpaired) electrons. The molecule has 4 aromatic heterocycles. The van der Waals surface area contributed by atoms with Crippen molar-refractivity contribution in [1.29, 1.82) is 0 Å². The number of aliphatic hydroxyl groups excluding tert-OH is 2. The molecule has 0 aliphatic heterocycles. The van der Waals surface area contributed by atoms with Crippen LogP contribution in [0.2, 0.25) is 10.0 Å². The first-order valence-electron chi connectivity index (χ1n) is 20.9. The number of pyridine rings is 4. The summed E-state index contributed by atoms with van der Waals surface area (Å²) < 4.78 is 28.7. The molecule has 4 heterocycles. The number of amides is 1. The van der Waals surface area contributed by atoms with E-state index in [2.05, 4.69) is 49.0 Å². The van der Waals surface area contributed by atoms with Crippen molar-refractivity contribution in [2.45, 2.75) is 53.6 Å². The molecular weight excluding hydrogens is 902 g/mol. The first kappa shape index (κ1) is 53.0. The van der Waals surface area contributed by atoms with E-state index in [0.717, 1.165) is 5.57 Å². The zero-order valence-electron chi connectivity index (χ0n) is 37.9. The third-order valence-corrected chi connectivity index (χ3v) is 10.6. The highest BCUT2D eigenvalue weighted by molar-refractivity contribution is 6.31. The van der Waals surface area contributed by atoms with Crippen LogP contribution in [0.1, 0.15) is 73.4 Å². The van der Waals surface area contributed by atoms with Crippen LogP contribution < -0.4 is 21.7 Å². The van der Waals surface area contributed by atoms with Crippen molar-refractivity contribution in [3.8, 4) is 22.5 Å². The average Bonchev–Trinajstić information content (AvgIpc) is 3.29. The van der Waals surface area contributed by atoms with Crippen molar-refractivity contribution in [2.24, 2.45) is 17.6 Å². The van der Waals surface area contributed by atoms with Gasteiger partial charge in [-0.3, -0.25) is 24.7 Å². The van der Waals surface area contributed by atoms with E-state index in [-0.39, 0.29) is 47.8 Å². The van der Waals surface area contributed by atoms with Gasteiger partial charge in [-0.05, 0) is 97.5 Å². The number of nitrogens with zero attached hydrogens (tertiary/aromatic N) is 4. The van der Waals surface area contributed by atoms with Crippen molar-refractivity contribution in [3.05, 3.63) is 155 Å². The zero-order valence-corrected chi connectivity index (χ0v) is 39.4. The van der Waals surface area contributed by atoms with E-state index in [0.29, 0.717) is 72.4 Å². The number of rotatable bonds is 15. The molecule has 6 aromatic rings. The molecule has 0 bridgehead atoms. The minimum absolute atomic E-state index is 0.0115. The summed E-state index contributed by atoms with van der Waals surface area (Å²) in [4.78, 5) is 40.9. The summed E-state index contributed by atoms with van der Waals surface area (Å²) in [5.41, 5.74) is 11.7. The topological polar surface area (TPSA) is 208 Å².